The van der Waals surface area contributed by atoms with Crippen molar-refractivity contribution in [1.29, 1.82) is 0 Å². The lowest BCUT2D eigenvalue weighted by Gasteiger charge is -2.17. The molecule has 1 saturated heterocycles. The molecular weight excluding hydrogens is 327 g/mol. The number of hydrogen-bond donors (Lipinski definition) is 1. The van der Waals surface area contributed by atoms with Crippen LogP contribution in [-0.4, -0.2) is 36.2 Å². The summed E-state index contributed by atoms with van der Waals surface area (Å²) in [7, 11) is 0. The molecule has 2 rings (SSSR count). The minimum Gasteiger partial charge on any atom is -0.337 e. The van der Waals surface area contributed by atoms with Crippen LogP contribution in [0.25, 0.3) is 0 Å². The van der Waals surface area contributed by atoms with Crippen molar-refractivity contribution >= 4 is 53.3 Å². The van der Waals surface area contributed by atoms with Crippen molar-refractivity contribution in [2.45, 2.75) is 17.4 Å². The van der Waals surface area contributed by atoms with Crippen molar-refractivity contribution in [3.05, 3.63) is 27.7 Å². The van der Waals surface area contributed by atoms with Crippen molar-refractivity contribution < 1.29 is 4.79 Å². The number of nitrogens with zero attached hydrogens (tertiary/aromatic N) is 1. The molecule has 3 nitrogen and oxygen atoms in total. The summed E-state index contributed by atoms with van der Waals surface area (Å²) in [4.78, 5) is 14.9. The molecule has 106 valence electrons. The molecule has 0 bridgehead atoms. The number of likely N-dealkylation sites (tertiary alicyclic amines) is 1. The number of carbonyl (C=O) groups is 1. The molecule has 0 unspecified atom stereocenters. The van der Waals surface area contributed by atoms with Crippen LogP contribution in [0, 0.1) is 0 Å². The first-order valence-electron chi connectivity index (χ1n) is 5.61. The molecule has 1 aliphatic rings. The number of halogens is 3. The predicted octanol–water partition coefficient (Wildman–Crippen LogP) is 3.31. The van der Waals surface area contributed by atoms with Crippen LogP contribution in [0.15, 0.2) is 17.0 Å². The number of amides is 1. The second kappa shape index (κ2) is 7.04. The highest BCUT2D eigenvalue weighted by Crippen LogP contribution is 2.32. The van der Waals surface area contributed by atoms with Gasteiger partial charge < -0.3 is 10.6 Å². The number of rotatable bonds is 2. The fourth-order valence-corrected chi connectivity index (χ4v) is 3.18. The Morgan fingerprint density at radius 1 is 1.42 bits per heavy atom. The lowest BCUT2D eigenvalue weighted by molar-refractivity contribution is 0.0791. The quantitative estimate of drug-likeness (QED) is 0.839. The summed E-state index contributed by atoms with van der Waals surface area (Å²) in [6.45, 7) is 1.28. The van der Waals surface area contributed by atoms with Gasteiger partial charge in [-0.3, -0.25) is 4.79 Å². The van der Waals surface area contributed by atoms with Crippen LogP contribution in [-0.2, 0) is 0 Å². The summed E-state index contributed by atoms with van der Waals surface area (Å²) >= 11 is 13.6. The van der Waals surface area contributed by atoms with Gasteiger partial charge in [0.15, 0.2) is 0 Å². The zero-order chi connectivity index (χ0) is 13.3. The highest BCUT2D eigenvalue weighted by atomic mass is 35.5. The fraction of sp³-hybridized carbons (Fsp3) is 0.417. The summed E-state index contributed by atoms with van der Waals surface area (Å²) < 4.78 is 0. The maximum absolute atomic E-state index is 12.3. The lowest BCUT2D eigenvalue weighted by atomic mass is 10.2. The molecule has 0 aliphatic carbocycles. The van der Waals surface area contributed by atoms with Crippen molar-refractivity contribution in [3.63, 3.8) is 0 Å². The molecule has 0 radical (unpaired) electrons. The SMILES string of the molecule is CSc1cc(C(=O)N2CC[C@@H](N)C2)c(Cl)cc1Cl.Cl. The van der Waals surface area contributed by atoms with E-state index in [1.807, 2.05) is 6.26 Å². The van der Waals surface area contributed by atoms with Gasteiger partial charge in [-0.25, -0.2) is 0 Å². The topological polar surface area (TPSA) is 46.3 Å². The summed E-state index contributed by atoms with van der Waals surface area (Å²) in [5, 5.41) is 0.963. The molecule has 19 heavy (non-hydrogen) atoms. The monoisotopic (exact) mass is 340 g/mol. The van der Waals surface area contributed by atoms with Gasteiger partial charge in [0.05, 0.1) is 15.6 Å². The van der Waals surface area contributed by atoms with Gasteiger partial charge in [0.2, 0.25) is 0 Å². The minimum atomic E-state index is -0.0695. The number of hydrogen-bond acceptors (Lipinski definition) is 3. The van der Waals surface area contributed by atoms with Gasteiger partial charge >= 0.3 is 0 Å². The Bertz CT molecular complexity index is 484. The van der Waals surface area contributed by atoms with E-state index >= 15 is 0 Å². The van der Waals surface area contributed by atoms with Crippen LogP contribution in [0.3, 0.4) is 0 Å². The second-order valence-electron chi connectivity index (χ2n) is 4.27. The van der Waals surface area contributed by atoms with E-state index < -0.39 is 0 Å². The minimum absolute atomic E-state index is 0. The molecule has 1 atom stereocenters. The van der Waals surface area contributed by atoms with Gasteiger partial charge in [0.1, 0.15) is 0 Å². The van der Waals surface area contributed by atoms with Crippen molar-refractivity contribution in [2.75, 3.05) is 19.3 Å². The third-order valence-electron chi connectivity index (χ3n) is 2.98. The Hall–Kier alpha value is -0.130. The van der Waals surface area contributed by atoms with Gasteiger partial charge in [0.25, 0.3) is 5.91 Å². The van der Waals surface area contributed by atoms with Crippen LogP contribution < -0.4 is 5.73 Å². The number of thioether (sulfide) groups is 1. The van der Waals surface area contributed by atoms with Crippen LogP contribution in [0.4, 0.5) is 0 Å². The molecule has 7 heteroatoms. The Labute approximate surface area is 133 Å². The number of carbonyl (C=O) groups excluding carboxylic acids is 1. The van der Waals surface area contributed by atoms with E-state index in [-0.39, 0.29) is 24.4 Å². The van der Waals surface area contributed by atoms with Crippen molar-refractivity contribution in [3.8, 4) is 0 Å². The molecule has 1 fully saturated rings. The summed E-state index contributed by atoms with van der Waals surface area (Å²) in [5.74, 6) is -0.0695. The van der Waals surface area contributed by atoms with E-state index in [0.29, 0.717) is 28.7 Å². The highest BCUT2D eigenvalue weighted by molar-refractivity contribution is 7.98. The standard InChI is InChI=1S/C12H14Cl2N2OS.ClH/c1-18-11-4-8(9(13)5-10(11)14)12(17)16-3-2-7(15)6-16;/h4-5,7H,2-3,6,15H2,1H3;1H/t7-;/m1./s1. The summed E-state index contributed by atoms with van der Waals surface area (Å²) in [6, 6.07) is 3.44. The molecule has 0 spiro atoms. The van der Waals surface area contributed by atoms with E-state index in [0.717, 1.165) is 11.3 Å². The average Bonchev–Trinajstić information content (AvgIpc) is 2.75. The molecule has 0 saturated carbocycles. The Kier molecular flexibility index (Phi) is 6.27. The zero-order valence-electron chi connectivity index (χ0n) is 10.4. The molecule has 0 aromatic heterocycles. The third-order valence-corrected chi connectivity index (χ3v) is 4.50. The van der Waals surface area contributed by atoms with Gasteiger partial charge in [-0.05, 0) is 24.8 Å². The molecule has 1 aromatic carbocycles. The molecule has 1 heterocycles. The number of nitrogens with two attached hydrogens (primary N) is 1. The van der Waals surface area contributed by atoms with Crippen LogP contribution in [0.2, 0.25) is 10.0 Å². The van der Waals surface area contributed by atoms with Crippen molar-refractivity contribution in [2.24, 2.45) is 5.73 Å². The first-order chi connectivity index (χ1) is 8.52. The fourth-order valence-electron chi connectivity index (χ4n) is 1.99. The van der Waals surface area contributed by atoms with Crippen molar-refractivity contribution in [1.82, 2.24) is 4.90 Å². The smallest absolute Gasteiger partial charge is 0.255 e. The third kappa shape index (κ3) is 3.70. The van der Waals surface area contributed by atoms with E-state index in [1.165, 1.54) is 11.8 Å². The van der Waals surface area contributed by atoms with Gasteiger partial charge in [-0.15, -0.1) is 24.2 Å². The van der Waals surface area contributed by atoms with E-state index in [9.17, 15) is 4.79 Å². The highest BCUT2D eigenvalue weighted by Gasteiger charge is 2.26. The number of benzene rings is 1. The van der Waals surface area contributed by atoms with Crippen LogP contribution in [0.1, 0.15) is 16.8 Å². The van der Waals surface area contributed by atoms with E-state index in [4.69, 9.17) is 28.9 Å². The maximum Gasteiger partial charge on any atom is 0.255 e. The molecule has 1 amide bonds. The van der Waals surface area contributed by atoms with Gasteiger partial charge in [-0.2, -0.15) is 0 Å². The van der Waals surface area contributed by atoms with E-state index in [1.54, 1.807) is 17.0 Å². The zero-order valence-corrected chi connectivity index (χ0v) is 13.5. The molecule has 2 N–H and O–H groups in total. The van der Waals surface area contributed by atoms with Crippen LogP contribution in [0.5, 0.6) is 0 Å². The maximum atomic E-state index is 12.3. The largest absolute Gasteiger partial charge is 0.337 e. The average molecular weight is 342 g/mol. The Morgan fingerprint density at radius 3 is 2.63 bits per heavy atom. The predicted molar refractivity (Wildman–Crippen MR) is 84.0 cm³/mol. The summed E-state index contributed by atoms with van der Waals surface area (Å²) in [6.07, 6.45) is 2.75. The molecule has 1 aliphatic heterocycles. The lowest BCUT2D eigenvalue weighted by Crippen LogP contribution is -2.32. The summed E-state index contributed by atoms with van der Waals surface area (Å²) in [5.41, 5.74) is 6.31. The first kappa shape index (κ1) is 16.9. The van der Waals surface area contributed by atoms with Gasteiger partial charge in [-0.1, -0.05) is 23.2 Å². The molecular formula is C12H15Cl3N2OS. The van der Waals surface area contributed by atoms with E-state index in [2.05, 4.69) is 0 Å². The Morgan fingerprint density at radius 2 is 2.11 bits per heavy atom. The van der Waals surface area contributed by atoms with Gasteiger partial charge in [0, 0.05) is 24.0 Å². The second-order valence-corrected chi connectivity index (χ2v) is 5.93. The molecule has 1 aromatic rings. The Balaban J connectivity index is 0.00000180. The first-order valence-corrected chi connectivity index (χ1v) is 7.59. The normalized spacial score (nSPS) is 18.3. The van der Waals surface area contributed by atoms with Crippen LogP contribution >= 0.6 is 47.4 Å².